The second-order valence-corrected chi connectivity index (χ2v) is 7.13. The number of esters is 1. The van der Waals surface area contributed by atoms with E-state index in [0.29, 0.717) is 17.1 Å². The molecule has 0 saturated carbocycles. The van der Waals surface area contributed by atoms with E-state index in [0.717, 1.165) is 12.1 Å². The predicted octanol–water partition coefficient (Wildman–Crippen LogP) is 5.06. The van der Waals surface area contributed by atoms with Crippen molar-refractivity contribution in [3.63, 3.8) is 0 Å². The molecule has 1 aliphatic heterocycles. The molecule has 0 fully saturated rings. The highest BCUT2D eigenvalue weighted by molar-refractivity contribution is 6.15. The molecule has 4 rings (SSSR count). The Morgan fingerprint density at radius 2 is 1.81 bits per heavy atom. The smallest absolute Gasteiger partial charge is 0.416 e. The van der Waals surface area contributed by atoms with Crippen LogP contribution in [0.3, 0.4) is 0 Å². The zero-order valence-electron chi connectivity index (χ0n) is 16.8. The van der Waals surface area contributed by atoms with Crippen LogP contribution in [-0.2, 0) is 15.7 Å². The van der Waals surface area contributed by atoms with E-state index < -0.39 is 29.8 Å². The van der Waals surface area contributed by atoms with E-state index in [-0.39, 0.29) is 22.7 Å². The summed E-state index contributed by atoms with van der Waals surface area (Å²) in [5, 5.41) is 0. The van der Waals surface area contributed by atoms with Gasteiger partial charge in [0, 0.05) is 23.7 Å². The molecule has 0 radical (unpaired) electrons. The summed E-state index contributed by atoms with van der Waals surface area (Å²) in [6.45, 7) is 4.66. The Hall–Kier alpha value is -3.49. The molecule has 0 saturated heterocycles. The molecule has 9 heteroatoms. The lowest BCUT2D eigenvalue weighted by molar-refractivity contribution is -0.146. The lowest BCUT2D eigenvalue weighted by atomic mass is 9.97. The summed E-state index contributed by atoms with van der Waals surface area (Å²) in [6, 6.07) is 8.78. The van der Waals surface area contributed by atoms with Crippen molar-refractivity contribution in [3.8, 4) is 5.69 Å². The van der Waals surface area contributed by atoms with E-state index in [9.17, 15) is 22.4 Å². The summed E-state index contributed by atoms with van der Waals surface area (Å²) in [7, 11) is 0. The fourth-order valence-corrected chi connectivity index (χ4v) is 3.55. The fourth-order valence-electron chi connectivity index (χ4n) is 3.55. The summed E-state index contributed by atoms with van der Waals surface area (Å²) in [4.78, 5) is 20.6. The summed E-state index contributed by atoms with van der Waals surface area (Å²) in [5.41, 5.74) is 0.639. The van der Waals surface area contributed by atoms with Gasteiger partial charge in [-0.25, -0.2) is 14.4 Å². The van der Waals surface area contributed by atoms with Crippen LogP contribution in [0.25, 0.3) is 5.69 Å². The van der Waals surface area contributed by atoms with E-state index in [1.165, 1.54) is 31.2 Å². The number of rotatable bonds is 2. The van der Waals surface area contributed by atoms with E-state index in [4.69, 9.17) is 4.74 Å². The Morgan fingerprint density at radius 1 is 1.10 bits per heavy atom. The first-order valence-electron chi connectivity index (χ1n) is 9.35. The first-order valence-corrected chi connectivity index (χ1v) is 9.35. The Kier molecular flexibility index (Phi) is 4.91. The van der Waals surface area contributed by atoms with Crippen LogP contribution in [-0.4, -0.2) is 21.2 Å². The molecule has 0 N–H and O–H groups in total. The number of aryl methyl sites for hydroxylation is 1. The number of hydrogen-bond donors (Lipinski definition) is 0. The maximum atomic E-state index is 14.7. The molecule has 0 amide bonds. The zero-order valence-corrected chi connectivity index (χ0v) is 16.8. The van der Waals surface area contributed by atoms with Crippen molar-refractivity contribution in [2.75, 3.05) is 0 Å². The Balaban J connectivity index is 2.10. The van der Waals surface area contributed by atoms with Crippen molar-refractivity contribution < 1.29 is 27.1 Å². The van der Waals surface area contributed by atoms with Crippen molar-refractivity contribution >= 4 is 11.7 Å². The normalized spacial score (nSPS) is 15.6. The Bertz CT molecular complexity index is 1230. The molecule has 1 atom stereocenters. The monoisotopic (exact) mass is 431 g/mol. The van der Waals surface area contributed by atoms with Crippen LogP contribution >= 0.6 is 0 Å². The summed E-state index contributed by atoms with van der Waals surface area (Å²) in [5.74, 6) is -1.11. The van der Waals surface area contributed by atoms with Gasteiger partial charge in [0.15, 0.2) is 5.82 Å². The molecular weight excluding hydrogens is 414 g/mol. The van der Waals surface area contributed by atoms with Gasteiger partial charge < -0.3 is 4.74 Å². The first-order chi connectivity index (χ1) is 14.6. The molecule has 160 valence electrons. The fraction of sp³-hybridized carbons (Fsp3) is 0.227. The molecule has 1 aliphatic rings. The maximum Gasteiger partial charge on any atom is 0.416 e. The number of halogens is 4. The number of nitrogens with zero attached hydrogens (tertiary/aromatic N) is 3. The van der Waals surface area contributed by atoms with Gasteiger partial charge >= 0.3 is 12.1 Å². The average molecular weight is 431 g/mol. The minimum Gasteiger partial charge on any atom is -0.432 e. The van der Waals surface area contributed by atoms with E-state index in [1.807, 2.05) is 0 Å². The van der Waals surface area contributed by atoms with Gasteiger partial charge in [0.05, 0.1) is 22.7 Å². The summed E-state index contributed by atoms with van der Waals surface area (Å²) >= 11 is 0. The van der Waals surface area contributed by atoms with Gasteiger partial charge in [0.2, 0.25) is 0 Å². The van der Waals surface area contributed by atoms with E-state index in [2.05, 4.69) is 9.98 Å². The number of benzene rings is 2. The standard InChI is InChI=1S/C22H17F4N3O2/c1-11-12(2)29-18-9-8-14(22(24,25)26)10-16(18)19(15-6-4-5-7-17(15)23)28-21(20(29)27-11)31-13(3)30/h4-10,21H,1-3H3. The third-order valence-electron chi connectivity index (χ3n) is 5.06. The number of imidazole rings is 1. The topological polar surface area (TPSA) is 56.5 Å². The average Bonchev–Trinajstić information content (AvgIpc) is 2.92. The van der Waals surface area contributed by atoms with Gasteiger partial charge in [-0.05, 0) is 44.2 Å². The highest BCUT2D eigenvalue weighted by atomic mass is 19.4. The highest BCUT2D eigenvalue weighted by Crippen LogP contribution is 2.37. The van der Waals surface area contributed by atoms with Crippen LogP contribution in [0.2, 0.25) is 0 Å². The van der Waals surface area contributed by atoms with Crippen LogP contribution in [0, 0.1) is 19.7 Å². The third-order valence-corrected chi connectivity index (χ3v) is 5.06. The molecular formula is C22H17F4N3O2. The molecule has 0 bridgehead atoms. The number of carbonyl (C=O) groups excluding carboxylic acids is 1. The van der Waals surface area contributed by atoms with E-state index in [1.54, 1.807) is 24.5 Å². The number of aromatic nitrogens is 2. The molecule has 31 heavy (non-hydrogen) atoms. The number of ether oxygens (including phenoxy) is 1. The van der Waals surface area contributed by atoms with Gasteiger partial charge in [-0.3, -0.25) is 9.36 Å². The van der Waals surface area contributed by atoms with Crippen molar-refractivity contribution in [2.45, 2.75) is 33.2 Å². The number of alkyl halides is 3. The lowest BCUT2D eigenvalue weighted by Gasteiger charge is -2.16. The minimum absolute atomic E-state index is 0.0136. The SMILES string of the molecule is CC(=O)OC1N=C(c2ccccc2F)c2cc(C(F)(F)F)ccc2-n2c1nc(C)c2C. The lowest BCUT2D eigenvalue weighted by Crippen LogP contribution is -2.13. The molecule has 2 aromatic carbocycles. The number of aliphatic imine (C=N–C) groups is 1. The zero-order chi connectivity index (χ0) is 22.5. The maximum absolute atomic E-state index is 14.7. The number of hydrogen-bond acceptors (Lipinski definition) is 4. The van der Waals surface area contributed by atoms with Gasteiger partial charge in [-0.2, -0.15) is 13.2 Å². The van der Waals surface area contributed by atoms with Crippen LogP contribution in [0.5, 0.6) is 0 Å². The highest BCUT2D eigenvalue weighted by Gasteiger charge is 2.35. The van der Waals surface area contributed by atoms with Gasteiger partial charge in [0.25, 0.3) is 6.23 Å². The summed E-state index contributed by atoms with van der Waals surface area (Å²) in [6.07, 6.45) is -5.87. The van der Waals surface area contributed by atoms with Gasteiger partial charge in [0.1, 0.15) is 5.82 Å². The second kappa shape index (κ2) is 7.33. The predicted molar refractivity (Wildman–Crippen MR) is 105 cm³/mol. The van der Waals surface area contributed by atoms with E-state index >= 15 is 0 Å². The molecule has 1 unspecified atom stereocenters. The third kappa shape index (κ3) is 3.60. The molecule has 0 aliphatic carbocycles. The van der Waals surface area contributed by atoms with Crippen molar-refractivity contribution in [3.05, 3.63) is 82.2 Å². The Morgan fingerprint density at radius 3 is 2.45 bits per heavy atom. The van der Waals surface area contributed by atoms with Gasteiger partial charge in [-0.15, -0.1) is 0 Å². The van der Waals surface area contributed by atoms with Crippen LogP contribution in [0.1, 0.15) is 47.1 Å². The van der Waals surface area contributed by atoms with Crippen LogP contribution in [0.4, 0.5) is 17.6 Å². The van der Waals surface area contributed by atoms with Crippen LogP contribution in [0.15, 0.2) is 47.5 Å². The molecule has 0 spiro atoms. The number of fused-ring (bicyclic) bond motifs is 3. The van der Waals surface area contributed by atoms with Crippen molar-refractivity contribution in [1.82, 2.24) is 9.55 Å². The molecule has 5 nitrogen and oxygen atoms in total. The summed E-state index contributed by atoms with van der Waals surface area (Å²) < 4.78 is 62.1. The molecule has 2 heterocycles. The second-order valence-electron chi connectivity index (χ2n) is 7.13. The molecule has 1 aromatic heterocycles. The van der Waals surface area contributed by atoms with Crippen LogP contribution < -0.4 is 0 Å². The Labute approximate surface area is 175 Å². The number of carbonyl (C=O) groups is 1. The minimum atomic E-state index is -4.61. The van der Waals surface area contributed by atoms with Crippen molar-refractivity contribution in [2.24, 2.45) is 4.99 Å². The van der Waals surface area contributed by atoms with Crippen molar-refractivity contribution in [1.29, 1.82) is 0 Å². The largest absolute Gasteiger partial charge is 0.432 e. The first kappa shape index (κ1) is 20.8. The van der Waals surface area contributed by atoms with Gasteiger partial charge in [-0.1, -0.05) is 12.1 Å². The quantitative estimate of drug-likeness (QED) is 0.421. The molecule has 3 aromatic rings.